The number of hydrogen-bond acceptors (Lipinski definition) is 6. The maximum absolute atomic E-state index is 12.8. The molecule has 1 saturated heterocycles. The lowest BCUT2D eigenvalue weighted by atomic mass is 10.1. The summed E-state index contributed by atoms with van der Waals surface area (Å²) >= 11 is 0. The second-order valence-electron chi connectivity index (χ2n) is 6.32. The van der Waals surface area contributed by atoms with E-state index in [4.69, 9.17) is 9.63 Å². The van der Waals surface area contributed by atoms with Crippen molar-refractivity contribution in [2.24, 2.45) is 0 Å². The van der Waals surface area contributed by atoms with Gasteiger partial charge in [0.2, 0.25) is 5.89 Å². The van der Waals surface area contributed by atoms with E-state index in [-0.39, 0.29) is 13.0 Å². The lowest BCUT2D eigenvalue weighted by Gasteiger charge is -2.33. The molecule has 2 aromatic rings. The number of benzene rings is 1. The van der Waals surface area contributed by atoms with Gasteiger partial charge in [-0.1, -0.05) is 23.4 Å². The van der Waals surface area contributed by atoms with Gasteiger partial charge < -0.3 is 9.63 Å². The normalized spacial score (nSPS) is 16.9. The molecule has 2 heterocycles. The van der Waals surface area contributed by atoms with Crippen molar-refractivity contribution in [3.8, 4) is 0 Å². The minimum atomic E-state index is -4.36. The highest BCUT2D eigenvalue weighted by Gasteiger charge is 2.30. The number of aliphatic hydroxyl groups is 1. The minimum absolute atomic E-state index is 0.155. The molecule has 0 spiro atoms. The fraction of sp³-hybridized carbons (Fsp3) is 0.529. The van der Waals surface area contributed by atoms with Gasteiger partial charge in [0.05, 0.1) is 18.7 Å². The summed E-state index contributed by atoms with van der Waals surface area (Å²) < 4.78 is 43.6. The molecule has 1 aromatic heterocycles. The van der Waals surface area contributed by atoms with Crippen molar-refractivity contribution in [2.45, 2.75) is 19.1 Å². The van der Waals surface area contributed by atoms with Crippen molar-refractivity contribution in [1.82, 2.24) is 19.9 Å². The maximum Gasteiger partial charge on any atom is 0.416 e. The molecule has 1 aromatic carbocycles. The summed E-state index contributed by atoms with van der Waals surface area (Å²) in [6, 6.07) is 5.15. The van der Waals surface area contributed by atoms with Gasteiger partial charge in [0, 0.05) is 39.1 Å². The van der Waals surface area contributed by atoms with Crippen molar-refractivity contribution >= 4 is 0 Å². The number of rotatable bonds is 6. The van der Waals surface area contributed by atoms with Crippen molar-refractivity contribution < 1.29 is 22.8 Å². The van der Waals surface area contributed by atoms with Crippen LogP contribution in [0.3, 0.4) is 0 Å². The van der Waals surface area contributed by atoms with E-state index in [1.54, 1.807) is 6.07 Å². The molecular weight excluding hydrogens is 349 g/mol. The van der Waals surface area contributed by atoms with E-state index in [0.29, 0.717) is 30.4 Å². The van der Waals surface area contributed by atoms with Crippen molar-refractivity contribution in [3.63, 3.8) is 0 Å². The zero-order valence-electron chi connectivity index (χ0n) is 14.2. The molecule has 0 amide bonds. The third-order valence-electron chi connectivity index (χ3n) is 4.37. The van der Waals surface area contributed by atoms with Crippen LogP contribution in [-0.4, -0.2) is 64.4 Å². The van der Waals surface area contributed by atoms with Crippen molar-refractivity contribution in [3.05, 3.63) is 47.1 Å². The second-order valence-corrected chi connectivity index (χ2v) is 6.32. The molecular formula is C17H21F3N4O2. The Labute approximate surface area is 149 Å². The topological polar surface area (TPSA) is 65.6 Å². The molecule has 0 saturated carbocycles. The number of halogens is 3. The van der Waals surface area contributed by atoms with Gasteiger partial charge in [0.1, 0.15) is 0 Å². The van der Waals surface area contributed by atoms with Crippen LogP contribution in [0.1, 0.15) is 22.8 Å². The summed E-state index contributed by atoms with van der Waals surface area (Å²) in [6.45, 7) is 4.76. The zero-order valence-corrected chi connectivity index (χ0v) is 14.2. The zero-order chi connectivity index (χ0) is 18.6. The average Bonchev–Trinajstić information content (AvgIpc) is 3.03. The Morgan fingerprint density at radius 3 is 2.54 bits per heavy atom. The molecule has 0 bridgehead atoms. The Hall–Kier alpha value is -1.97. The molecule has 9 heteroatoms. The van der Waals surface area contributed by atoms with Gasteiger partial charge in [-0.15, -0.1) is 0 Å². The third-order valence-corrected chi connectivity index (χ3v) is 4.37. The van der Waals surface area contributed by atoms with Crippen LogP contribution >= 0.6 is 0 Å². The Morgan fingerprint density at radius 1 is 1.12 bits per heavy atom. The quantitative estimate of drug-likeness (QED) is 0.836. The van der Waals surface area contributed by atoms with Crippen molar-refractivity contribution in [2.75, 3.05) is 39.3 Å². The van der Waals surface area contributed by atoms with Gasteiger partial charge in [-0.3, -0.25) is 9.80 Å². The van der Waals surface area contributed by atoms with Crippen molar-refractivity contribution in [1.29, 1.82) is 0 Å². The summed E-state index contributed by atoms with van der Waals surface area (Å²) in [4.78, 5) is 8.65. The maximum atomic E-state index is 12.8. The number of piperazine rings is 1. The van der Waals surface area contributed by atoms with E-state index in [1.807, 2.05) is 0 Å². The molecule has 0 radical (unpaired) electrons. The Kier molecular flexibility index (Phi) is 5.90. The molecule has 1 aliphatic heterocycles. The minimum Gasteiger partial charge on any atom is -0.395 e. The molecule has 3 rings (SSSR count). The van der Waals surface area contributed by atoms with Crippen LogP contribution < -0.4 is 0 Å². The lowest BCUT2D eigenvalue weighted by Crippen LogP contribution is -2.46. The predicted molar refractivity (Wildman–Crippen MR) is 87.4 cm³/mol. The van der Waals surface area contributed by atoms with Gasteiger partial charge >= 0.3 is 6.18 Å². The molecule has 0 unspecified atom stereocenters. The molecule has 26 heavy (non-hydrogen) atoms. The number of nitrogens with zero attached hydrogens (tertiary/aromatic N) is 4. The average molecular weight is 370 g/mol. The first kappa shape index (κ1) is 18.8. The summed E-state index contributed by atoms with van der Waals surface area (Å²) in [5, 5.41) is 12.8. The number of alkyl halides is 3. The Balaban J connectivity index is 1.56. The highest BCUT2D eigenvalue weighted by molar-refractivity contribution is 5.27. The number of β-amino-alcohol motifs (C(OH)–C–C–N with tert-alkyl or cyclic N) is 1. The van der Waals surface area contributed by atoms with Crippen LogP contribution in [0.2, 0.25) is 0 Å². The SMILES string of the molecule is OCCN1CCN(Cc2nc(Cc3cccc(C(F)(F)F)c3)no2)CC1. The van der Waals surface area contributed by atoms with E-state index in [2.05, 4.69) is 19.9 Å². The molecule has 1 fully saturated rings. The predicted octanol–water partition coefficient (Wildman–Crippen LogP) is 1.79. The summed E-state index contributed by atoms with van der Waals surface area (Å²) in [5.41, 5.74) is -0.190. The van der Waals surface area contributed by atoms with Crippen LogP contribution in [-0.2, 0) is 19.1 Å². The first-order valence-electron chi connectivity index (χ1n) is 8.47. The van der Waals surface area contributed by atoms with E-state index >= 15 is 0 Å². The van der Waals surface area contributed by atoms with Crippen LogP contribution in [0.4, 0.5) is 13.2 Å². The smallest absolute Gasteiger partial charge is 0.395 e. The fourth-order valence-electron chi connectivity index (χ4n) is 2.97. The molecule has 1 N–H and O–H groups in total. The van der Waals surface area contributed by atoms with Gasteiger partial charge in [0.25, 0.3) is 0 Å². The number of aromatic nitrogens is 2. The summed E-state index contributed by atoms with van der Waals surface area (Å²) in [5.74, 6) is 0.834. The van der Waals surface area contributed by atoms with Crippen LogP contribution in [0, 0.1) is 0 Å². The number of hydrogen-bond donors (Lipinski definition) is 1. The van der Waals surface area contributed by atoms with Gasteiger partial charge in [-0.05, 0) is 11.6 Å². The Bertz CT molecular complexity index is 712. The van der Waals surface area contributed by atoms with Gasteiger partial charge in [-0.2, -0.15) is 18.2 Å². The molecule has 6 nitrogen and oxygen atoms in total. The van der Waals surface area contributed by atoms with Gasteiger partial charge in [0.15, 0.2) is 5.82 Å². The monoisotopic (exact) mass is 370 g/mol. The standard InChI is InChI=1S/C17H21F3N4O2/c18-17(19,20)14-3-1-2-13(10-14)11-15-21-16(26-22-15)12-24-6-4-23(5-7-24)8-9-25/h1-3,10,25H,4-9,11-12H2. The van der Waals surface area contributed by atoms with Crippen LogP contribution in [0.25, 0.3) is 0 Å². The lowest BCUT2D eigenvalue weighted by molar-refractivity contribution is -0.137. The third kappa shape index (κ3) is 5.03. The van der Waals surface area contributed by atoms with Crippen LogP contribution in [0.15, 0.2) is 28.8 Å². The highest BCUT2D eigenvalue weighted by atomic mass is 19.4. The van der Waals surface area contributed by atoms with E-state index in [1.165, 1.54) is 6.07 Å². The molecule has 0 atom stereocenters. The summed E-state index contributed by atoms with van der Waals surface area (Å²) in [6.07, 6.45) is -4.17. The van der Waals surface area contributed by atoms with Gasteiger partial charge in [-0.25, -0.2) is 0 Å². The fourth-order valence-corrected chi connectivity index (χ4v) is 2.97. The second kappa shape index (κ2) is 8.15. The van der Waals surface area contributed by atoms with E-state index in [0.717, 1.165) is 38.3 Å². The molecule has 0 aliphatic carbocycles. The largest absolute Gasteiger partial charge is 0.416 e. The molecule has 1 aliphatic rings. The number of aliphatic hydroxyl groups excluding tert-OH is 1. The first-order valence-corrected chi connectivity index (χ1v) is 8.47. The molecule has 142 valence electrons. The van der Waals surface area contributed by atoms with E-state index < -0.39 is 11.7 Å². The van der Waals surface area contributed by atoms with Crippen LogP contribution in [0.5, 0.6) is 0 Å². The first-order chi connectivity index (χ1) is 12.4. The highest BCUT2D eigenvalue weighted by Crippen LogP contribution is 2.29. The Morgan fingerprint density at radius 2 is 1.85 bits per heavy atom. The van der Waals surface area contributed by atoms with E-state index in [9.17, 15) is 13.2 Å². The summed E-state index contributed by atoms with van der Waals surface area (Å²) in [7, 11) is 0.